The van der Waals surface area contributed by atoms with Crippen LogP contribution in [0.5, 0.6) is 0 Å². The van der Waals surface area contributed by atoms with E-state index < -0.39 is 9.84 Å². The molecule has 0 radical (unpaired) electrons. The van der Waals surface area contributed by atoms with Crippen molar-refractivity contribution < 1.29 is 13.2 Å². The number of sulfone groups is 1. The zero-order valence-electron chi connectivity index (χ0n) is 12.7. The summed E-state index contributed by atoms with van der Waals surface area (Å²) in [5.41, 5.74) is 0.867. The average Bonchev–Trinajstić information content (AvgIpc) is 3.01. The smallest absolute Gasteiger partial charge is 0.271 e. The van der Waals surface area contributed by atoms with Gasteiger partial charge in [-0.25, -0.2) is 13.4 Å². The Kier molecular flexibility index (Phi) is 4.88. The van der Waals surface area contributed by atoms with Gasteiger partial charge in [-0.05, 0) is 25.5 Å². The minimum atomic E-state index is -3.05. The summed E-state index contributed by atoms with van der Waals surface area (Å²) in [6.45, 7) is 1.78. The number of benzene rings is 1. The van der Waals surface area contributed by atoms with Crippen LogP contribution in [0.3, 0.4) is 0 Å². The summed E-state index contributed by atoms with van der Waals surface area (Å²) >= 11 is 13.7. The van der Waals surface area contributed by atoms with Gasteiger partial charge in [0.2, 0.25) is 0 Å². The van der Waals surface area contributed by atoms with Crippen molar-refractivity contribution in [1.29, 1.82) is 0 Å². The number of thiazole rings is 1. The van der Waals surface area contributed by atoms with Gasteiger partial charge in [-0.15, -0.1) is 11.3 Å². The number of nitrogens with one attached hydrogen (secondary N) is 1. The fourth-order valence-corrected chi connectivity index (χ4v) is 5.92. The minimum Gasteiger partial charge on any atom is -0.347 e. The maximum absolute atomic E-state index is 12.4. The number of amides is 1. The Morgan fingerprint density at radius 1 is 1.33 bits per heavy atom. The maximum atomic E-state index is 12.4. The number of aryl methyl sites for hydroxylation is 1. The van der Waals surface area contributed by atoms with Crippen molar-refractivity contribution in [2.75, 3.05) is 11.5 Å². The van der Waals surface area contributed by atoms with E-state index in [0.717, 1.165) is 4.88 Å². The van der Waals surface area contributed by atoms with Crippen molar-refractivity contribution in [3.63, 3.8) is 0 Å². The third kappa shape index (κ3) is 3.59. The fourth-order valence-electron chi connectivity index (χ4n) is 2.58. The Hall–Kier alpha value is -1.15. The van der Waals surface area contributed by atoms with Crippen molar-refractivity contribution in [2.24, 2.45) is 0 Å². The Morgan fingerprint density at radius 3 is 2.58 bits per heavy atom. The van der Waals surface area contributed by atoms with Gasteiger partial charge < -0.3 is 5.32 Å². The summed E-state index contributed by atoms with van der Waals surface area (Å²) in [7, 11) is -3.05. The highest BCUT2D eigenvalue weighted by Gasteiger charge is 2.30. The second-order valence-electron chi connectivity index (χ2n) is 5.59. The summed E-state index contributed by atoms with van der Waals surface area (Å²) in [5.74, 6) is -0.292. The summed E-state index contributed by atoms with van der Waals surface area (Å²) in [6, 6.07) is 4.80. The van der Waals surface area contributed by atoms with Gasteiger partial charge in [-0.1, -0.05) is 29.3 Å². The van der Waals surface area contributed by atoms with Gasteiger partial charge in [0.1, 0.15) is 10.7 Å². The maximum Gasteiger partial charge on any atom is 0.271 e. The van der Waals surface area contributed by atoms with Crippen LogP contribution in [0.1, 0.15) is 21.8 Å². The van der Waals surface area contributed by atoms with Crippen LogP contribution < -0.4 is 5.32 Å². The second-order valence-corrected chi connectivity index (χ2v) is 9.84. The predicted octanol–water partition coefficient (Wildman–Crippen LogP) is 3.34. The third-order valence-electron chi connectivity index (χ3n) is 3.76. The lowest BCUT2D eigenvalue weighted by molar-refractivity contribution is 0.0936. The molecule has 5 nitrogen and oxygen atoms in total. The molecule has 0 bridgehead atoms. The predicted molar refractivity (Wildman–Crippen MR) is 96.8 cm³/mol. The van der Waals surface area contributed by atoms with E-state index in [2.05, 4.69) is 10.3 Å². The lowest BCUT2D eigenvalue weighted by Gasteiger charge is -2.09. The highest BCUT2D eigenvalue weighted by Crippen LogP contribution is 2.37. The lowest BCUT2D eigenvalue weighted by atomic mass is 10.2. The van der Waals surface area contributed by atoms with E-state index in [-0.39, 0.29) is 29.1 Å². The standard InChI is InChI=1S/C15H14Cl2N2O3S2/c1-8-13(14(20)18-9-5-6-24(21,22)7-9)19-15(23-8)12-10(16)3-2-4-11(12)17/h2-4,9H,5-7H2,1H3,(H,18,20)/t9-/m1/s1. The molecule has 0 saturated carbocycles. The molecule has 0 spiro atoms. The highest BCUT2D eigenvalue weighted by molar-refractivity contribution is 7.91. The van der Waals surface area contributed by atoms with Gasteiger partial charge in [-0.2, -0.15) is 0 Å². The number of hydrogen-bond donors (Lipinski definition) is 1. The van der Waals surface area contributed by atoms with Crippen molar-refractivity contribution in [3.05, 3.63) is 38.8 Å². The van der Waals surface area contributed by atoms with E-state index in [1.807, 2.05) is 0 Å². The fraction of sp³-hybridized carbons (Fsp3) is 0.333. The molecular formula is C15H14Cl2N2O3S2. The van der Waals surface area contributed by atoms with Crippen LogP contribution in [0.25, 0.3) is 10.6 Å². The number of carbonyl (C=O) groups excluding carboxylic acids is 1. The average molecular weight is 405 g/mol. The molecule has 128 valence electrons. The molecule has 1 aromatic carbocycles. The monoisotopic (exact) mass is 404 g/mol. The van der Waals surface area contributed by atoms with E-state index in [4.69, 9.17) is 23.2 Å². The van der Waals surface area contributed by atoms with E-state index in [0.29, 0.717) is 27.0 Å². The Labute approximate surface area is 153 Å². The van der Waals surface area contributed by atoms with Crippen LogP contribution in [0.4, 0.5) is 0 Å². The molecule has 3 rings (SSSR count). The van der Waals surface area contributed by atoms with E-state index >= 15 is 0 Å². The molecule has 2 aromatic rings. The molecule has 1 amide bonds. The minimum absolute atomic E-state index is 0.0227. The Morgan fingerprint density at radius 2 is 2.00 bits per heavy atom. The van der Waals surface area contributed by atoms with Crippen LogP contribution in [0.15, 0.2) is 18.2 Å². The van der Waals surface area contributed by atoms with Crippen LogP contribution in [0.2, 0.25) is 10.0 Å². The van der Waals surface area contributed by atoms with Gasteiger partial charge in [0, 0.05) is 16.5 Å². The van der Waals surface area contributed by atoms with Crippen LogP contribution in [-0.4, -0.2) is 36.9 Å². The molecule has 9 heteroatoms. The summed E-state index contributed by atoms with van der Waals surface area (Å²) in [6.07, 6.45) is 0.431. The van der Waals surface area contributed by atoms with Gasteiger partial charge in [0.25, 0.3) is 5.91 Å². The number of hydrogen-bond acceptors (Lipinski definition) is 5. The number of rotatable bonds is 3. The quantitative estimate of drug-likeness (QED) is 0.850. The summed E-state index contributed by atoms with van der Waals surface area (Å²) in [5, 5.41) is 4.23. The zero-order valence-corrected chi connectivity index (χ0v) is 15.8. The second kappa shape index (κ2) is 6.63. The molecular weight excluding hydrogens is 391 g/mol. The van der Waals surface area contributed by atoms with Gasteiger partial charge in [0.15, 0.2) is 9.84 Å². The molecule has 0 unspecified atom stereocenters. The number of aromatic nitrogens is 1. The molecule has 1 fully saturated rings. The molecule has 1 aromatic heterocycles. The number of nitrogens with zero attached hydrogens (tertiary/aromatic N) is 1. The topological polar surface area (TPSA) is 76.1 Å². The lowest BCUT2D eigenvalue weighted by Crippen LogP contribution is -2.36. The molecule has 2 heterocycles. The van der Waals surface area contributed by atoms with Crippen molar-refractivity contribution >= 4 is 50.3 Å². The van der Waals surface area contributed by atoms with E-state index in [9.17, 15) is 13.2 Å². The van der Waals surface area contributed by atoms with Crippen LogP contribution in [-0.2, 0) is 9.84 Å². The first-order valence-electron chi connectivity index (χ1n) is 7.20. The molecule has 1 N–H and O–H groups in total. The zero-order chi connectivity index (χ0) is 17.5. The largest absolute Gasteiger partial charge is 0.347 e. The van der Waals surface area contributed by atoms with Crippen molar-refractivity contribution in [1.82, 2.24) is 10.3 Å². The number of carbonyl (C=O) groups is 1. The summed E-state index contributed by atoms with van der Waals surface area (Å²) in [4.78, 5) is 17.5. The highest BCUT2D eigenvalue weighted by atomic mass is 35.5. The van der Waals surface area contributed by atoms with Crippen LogP contribution >= 0.6 is 34.5 Å². The first kappa shape index (κ1) is 17.7. The SMILES string of the molecule is Cc1sc(-c2c(Cl)cccc2Cl)nc1C(=O)N[C@@H]1CCS(=O)(=O)C1. The van der Waals surface area contributed by atoms with E-state index in [1.54, 1.807) is 25.1 Å². The Bertz CT molecular complexity index is 889. The molecule has 24 heavy (non-hydrogen) atoms. The van der Waals surface area contributed by atoms with Gasteiger partial charge in [0.05, 0.1) is 21.6 Å². The molecule has 1 aliphatic heterocycles. The number of halogens is 2. The van der Waals surface area contributed by atoms with Gasteiger partial charge >= 0.3 is 0 Å². The molecule has 1 aliphatic rings. The van der Waals surface area contributed by atoms with E-state index in [1.165, 1.54) is 11.3 Å². The van der Waals surface area contributed by atoms with Crippen molar-refractivity contribution in [3.8, 4) is 10.6 Å². The Balaban J connectivity index is 1.85. The first-order chi connectivity index (χ1) is 11.3. The third-order valence-corrected chi connectivity index (χ3v) is 7.14. The van der Waals surface area contributed by atoms with Crippen molar-refractivity contribution in [2.45, 2.75) is 19.4 Å². The molecule has 1 saturated heterocycles. The molecule has 0 aliphatic carbocycles. The first-order valence-corrected chi connectivity index (χ1v) is 10.6. The van der Waals surface area contributed by atoms with Gasteiger partial charge in [-0.3, -0.25) is 4.79 Å². The molecule has 1 atom stereocenters. The van der Waals surface area contributed by atoms with Crippen LogP contribution in [0, 0.1) is 6.92 Å². The normalized spacial score (nSPS) is 19.4. The summed E-state index contributed by atoms with van der Waals surface area (Å²) < 4.78 is 23.0.